The van der Waals surface area contributed by atoms with Crippen molar-refractivity contribution >= 4 is 34.8 Å². The van der Waals surface area contributed by atoms with Crippen LogP contribution in [0.4, 0.5) is 23.0 Å². The van der Waals surface area contributed by atoms with E-state index in [1.807, 2.05) is 20.0 Å². The number of carbonyl (C=O) groups is 2. The van der Waals surface area contributed by atoms with Gasteiger partial charge in [-0.05, 0) is 25.8 Å². The normalized spacial score (nSPS) is 16.5. The molecule has 3 N–H and O–H groups in total. The van der Waals surface area contributed by atoms with E-state index in [-0.39, 0.29) is 23.4 Å². The number of hydrogen-bond donors (Lipinski definition) is 3. The number of pyridine rings is 2. The van der Waals surface area contributed by atoms with Gasteiger partial charge in [-0.25, -0.2) is 15.4 Å². The van der Waals surface area contributed by atoms with Crippen LogP contribution >= 0.6 is 0 Å². The van der Waals surface area contributed by atoms with E-state index in [2.05, 4.69) is 41.2 Å². The molecule has 0 spiro atoms. The summed E-state index contributed by atoms with van der Waals surface area (Å²) in [7, 11) is 5.10. The lowest BCUT2D eigenvalue weighted by Gasteiger charge is -2.33. The van der Waals surface area contributed by atoms with Crippen LogP contribution in [0, 0.1) is 5.92 Å². The molecule has 3 aromatic heterocycles. The van der Waals surface area contributed by atoms with Gasteiger partial charge >= 0.3 is 0 Å². The van der Waals surface area contributed by atoms with Gasteiger partial charge in [0.05, 0.1) is 30.1 Å². The van der Waals surface area contributed by atoms with Crippen LogP contribution in [0.5, 0.6) is 0 Å². The van der Waals surface area contributed by atoms with E-state index in [0.29, 0.717) is 17.3 Å². The van der Waals surface area contributed by atoms with E-state index in [1.54, 1.807) is 24.1 Å². The Bertz CT molecular complexity index is 1280. The number of carbonyl (C=O) groups excluding carboxylic acids is 2. The molecule has 1 aliphatic carbocycles. The molecule has 0 unspecified atom stereocenters. The van der Waals surface area contributed by atoms with Gasteiger partial charge in [0.2, 0.25) is 5.91 Å². The maximum absolute atomic E-state index is 12.6. The summed E-state index contributed by atoms with van der Waals surface area (Å²) >= 11 is 0. The quantitative estimate of drug-likeness (QED) is 0.469. The Morgan fingerprint density at radius 2 is 1.97 bits per heavy atom. The first-order valence-corrected chi connectivity index (χ1v) is 10.9. The van der Waals surface area contributed by atoms with Crippen molar-refractivity contribution in [3.05, 3.63) is 35.8 Å². The van der Waals surface area contributed by atoms with Gasteiger partial charge in [0.15, 0.2) is 5.82 Å². The predicted molar refractivity (Wildman–Crippen MR) is 124 cm³/mol. The van der Waals surface area contributed by atoms with Gasteiger partial charge in [0, 0.05) is 44.0 Å². The smallest absolute Gasteiger partial charge is 0.278 e. The molecule has 1 atom stereocenters. The number of fused-ring (bicyclic) bond motifs is 3. The molecule has 0 radical (unpaired) electrons. The van der Waals surface area contributed by atoms with Crippen LogP contribution in [0.3, 0.4) is 0 Å². The number of hydroxylamine groups is 1. The molecule has 0 saturated heterocycles. The summed E-state index contributed by atoms with van der Waals surface area (Å²) in [6.07, 6.45) is 4.82. The van der Waals surface area contributed by atoms with E-state index in [0.717, 1.165) is 35.5 Å². The molecule has 5 rings (SSSR count). The second kappa shape index (κ2) is 8.37. The minimum atomic E-state index is -0.486. The van der Waals surface area contributed by atoms with E-state index < -0.39 is 5.91 Å². The molecular formula is C22H25N9O3. The topological polar surface area (TPSA) is 139 Å². The zero-order chi connectivity index (χ0) is 24.0. The fraction of sp³-hybridized carbons (Fsp3) is 0.364. The number of aryl methyl sites for hydroxylation is 1. The third-order valence-corrected chi connectivity index (χ3v) is 6.04. The van der Waals surface area contributed by atoms with Crippen molar-refractivity contribution in [2.45, 2.75) is 25.8 Å². The Balaban J connectivity index is 1.56. The van der Waals surface area contributed by atoms with Crippen molar-refractivity contribution in [1.29, 1.82) is 0 Å². The summed E-state index contributed by atoms with van der Waals surface area (Å²) in [5, 5.41) is 15.2. The molecule has 2 aliphatic rings. The van der Waals surface area contributed by atoms with Crippen molar-refractivity contribution in [3.63, 3.8) is 0 Å². The van der Waals surface area contributed by atoms with Gasteiger partial charge in [0.1, 0.15) is 17.2 Å². The average molecular weight is 464 g/mol. The minimum Gasteiger partial charge on any atom is -0.363 e. The number of rotatable bonds is 6. The lowest BCUT2D eigenvalue weighted by Crippen LogP contribution is -2.28. The van der Waals surface area contributed by atoms with Crippen LogP contribution < -0.4 is 21.0 Å². The summed E-state index contributed by atoms with van der Waals surface area (Å²) in [6.45, 7) is 2.04. The molecule has 12 nitrogen and oxygen atoms in total. The number of anilines is 4. The van der Waals surface area contributed by atoms with Crippen LogP contribution in [0.1, 0.15) is 41.9 Å². The number of hydrogen-bond acceptors (Lipinski definition) is 9. The zero-order valence-corrected chi connectivity index (χ0v) is 19.3. The third kappa shape index (κ3) is 3.81. The molecule has 1 saturated carbocycles. The van der Waals surface area contributed by atoms with Gasteiger partial charge in [-0.1, -0.05) is 0 Å². The Morgan fingerprint density at radius 1 is 1.18 bits per heavy atom. The molecule has 1 aliphatic heterocycles. The Labute approximate surface area is 195 Å². The molecule has 34 heavy (non-hydrogen) atoms. The molecule has 2 amide bonds. The number of aromatic nitrogens is 5. The monoisotopic (exact) mass is 463 g/mol. The van der Waals surface area contributed by atoms with Gasteiger partial charge in [-0.3, -0.25) is 14.4 Å². The fourth-order valence-electron chi connectivity index (χ4n) is 4.02. The third-order valence-electron chi connectivity index (χ3n) is 6.04. The van der Waals surface area contributed by atoms with E-state index in [9.17, 15) is 9.59 Å². The maximum Gasteiger partial charge on any atom is 0.278 e. The number of nitrogens with one attached hydrogen (secondary N) is 3. The summed E-state index contributed by atoms with van der Waals surface area (Å²) in [6, 6.07) is 3.47. The zero-order valence-electron chi connectivity index (χ0n) is 19.3. The highest BCUT2D eigenvalue weighted by molar-refractivity contribution is 6.02. The maximum atomic E-state index is 12.6. The van der Waals surface area contributed by atoms with Crippen molar-refractivity contribution < 1.29 is 14.4 Å². The molecule has 176 valence electrons. The Kier molecular flexibility index (Phi) is 5.36. The van der Waals surface area contributed by atoms with Crippen LogP contribution in [-0.2, 0) is 16.7 Å². The van der Waals surface area contributed by atoms with Gasteiger partial charge in [-0.15, -0.1) is 0 Å². The van der Waals surface area contributed by atoms with Crippen LogP contribution in [0.15, 0.2) is 24.5 Å². The highest BCUT2D eigenvalue weighted by atomic mass is 16.6. The SMILES string of the molecule is CONC(=O)c1cnc(NC(=O)C2CC2)cc1Nc1nccc2c1N(C)[C@@H](C)c1nn(C)nc1-2. The molecule has 1 fully saturated rings. The first kappa shape index (κ1) is 21.8. The number of nitrogens with zero attached hydrogens (tertiary/aromatic N) is 6. The fourth-order valence-corrected chi connectivity index (χ4v) is 4.02. The predicted octanol–water partition coefficient (Wildman–Crippen LogP) is 2.17. The lowest BCUT2D eigenvalue weighted by molar-refractivity contribution is -0.117. The summed E-state index contributed by atoms with van der Waals surface area (Å²) < 4.78 is 0. The van der Waals surface area contributed by atoms with Crippen LogP contribution in [0.2, 0.25) is 0 Å². The number of amides is 2. The summed E-state index contributed by atoms with van der Waals surface area (Å²) in [5.41, 5.74) is 6.33. The minimum absolute atomic E-state index is 0.0220. The van der Waals surface area contributed by atoms with Crippen molar-refractivity contribution in [1.82, 2.24) is 30.4 Å². The second-order valence-corrected chi connectivity index (χ2v) is 8.40. The van der Waals surface area contributed by atoms with Gasteiger partial charge in [0.25, 0.3) is 5.91 Å². The van der Waals surface area contributed by atoms with E-state index in [1.165, 1.54) is 13.3 Å². The van der Waals surface area contributed by atoms with Gasteiger partial charge in [-0.2, -0.15) is 15.0 Å². The molecule has 12 heteroatoms. The first-order chi connectivity index (χ1) is 16.4. The van der Waals surface area contributed by atoms with E-state index in [4.69, 9.17) is 4.84 Å². The summed E-state index contributed by atoms with van der Waals surface area (Å²) in [4.78, 5) is 42.1. The molecule has 4 heterocycles. The van der Waals surface area contributed by atoms with Gasteiger partial charge < -0.3 is 15.5 Å². The highest BCUT2D eigenvalue weighted by Crippen LogP contribution is 2.45. The Morgan fingerprint density at radius 3 is 2.71 bits per heavy atom. The lowest BCUT2D eigenvalue weighted by atomic mass is 9.98. The first-order valence-electron chi connectivity index (χ1n) is 10.9. The van der Waals surface area contributed by atoms with Crippen molar-refractivity contribution in [2.24, 2.45) is 13.0 Å². The molecule has 0 bridgehead atoms. The average Bonchev–Trinajstić information content (AvgIpc) is 3.59. The van der Waals surface area contributed by atoms with Crippen molar-refractivity contribution in [3.8, 4) is 11.3 Å². The standard InChI is InChI=1S/C22H25N9O3/c1-11-17-18(28-31(3)27-17)13-7-8-23-20(19(13)30(11)2)25-15-9-16(26-21(32)12-5-6-12)24-10-14(15)22(33)29-34-4/h7-12H,5-6H2,1-4H3,(H,29,33)(H2,23,24,25,26,32)/t11-/m0/s1. The summed E-state index contributed by atoms with van der Waals surface area (Å²) in [5.74, 6) is 0.331. The molecule has 3 aromatic rings. The Hall–Kier alpha value is -4.06. The molecular weight excluding hydrogens is 438 g/mol. The van der Waals surface area contributed by atoms with E-state index >= 15 is 0 Å². The highest BCUT2D eigenvalue weighted by Gasteiger charge is 2.33. The second-order valence-electron chi connectivity index (χ2n) is 8.40. The van der Waals surface area contributed by atoms with Crippen LogP contribution in [-0.4, -0.2) is 50.9 Å². The molecule has 0 aromatic carbocycles. The largest absolute Gasteiger partial charge is 0.363 e. The van der Waals surface area contributed by atoms with Crippen LogP contribution in [0.25, 0.3) is 11.3 Å². The van der Waals surface area contributed by atoms with Crippen molar-refractivity contribution in [2.75, 3.05) is 29.7 Å².